The lowest BCUT2D eigenvalue weighted by Gasteiger charge is -2.13. The second-order valence-electron chi connectivity index (χ2n) is 2.63. The van der Waals surface area contributed by atoms with Crippen LogP contribution in [-0.4, -0.2) is 23.6 Å². The Morgan fingerprint density at radius 2 is 1.38 bits per heavy atom. The normalized spacial score (nSPS) is 15.9. The van der Waals surface area contributed by atoms with Gasteiger partial charge in [-0.1, -0.05) is 0 Å². The summed E-state index contributed by atoms with van der Waals surface area (Å²) < 4.78 is 68.8. The summed E-state index contributed by atoms with van der Waals surface area (Å²) in [5.74, 6) is 0. The summed E-state index contributed by atoms with van der Waals surface area (Å²) in [7, 11) is 0. The molecule has 0 saturated carbocycles. The third kappa shape index (κ3) is 9.45. The zero-order valence-corrected chi connectivity index (χ0v) is 6.41. The quantitative estimate of drug-likeness (QED) is 0.710. The molecule has 0 fully saturated rings. The molecule has 1 N–H and O–H groups in total. The van der Waals surface area contributed by atoms with Gasteiger partial charge in [0.15, 0.2) is 0 Å². The van der Waals surface area contributed by atoms with Gasteiger partial charge < -0.3 is 5.11 Å². The summed E-state index contributed by atoms with van der Waals surface area (Å²) in [6, 6.07) is 0. The van der Waals surface area contributed by atoms with Crippen molar-refractivity contribution in [2.75, 3.05) is 0 Å². The Morgan fingerprint density at radius 1 is 0.923 bits per heavy atom. The number of alkyl halides is 6. The van der Waals surface area contributed by atoms with Crippen molar-refractivity contribution in [2.24, 2.45) is 0 Å². The molecule has 7 heteroatoms. The van der Waals surface area contributed by atoms with E-state index in [1.54, 1.807) is 0 Å². The van der Waals surface area contributed by atoms with E-state index in [4.69, 9.17) is 5.11 Å². The van der Waals surface area contributed by atoms with E-state index in [0.717, 1.165) is 0 Å². The molecule has 0 aliphatic heterocycles. The molecule has 0 aliphatic carbocycles. The molecule has 0 bridgehead atoms. The number of hydrogen-bond acceptors (Lipinski definition) is 1. The lowest BCUT2D eigenvalue weighted by Crippen LogP contribution is -2.21. The Hall–Kier alpha value is -0.460. The predicted molar refractivity (Wildman–Crippen MR) is 32.0 cm³/mol. The number of halogens is 6. The summed E-state index contributed by atoms with van der Waals surface area (Å²) in [5, 5.41) is 8.53. The Labute approximate surface area is 70.4 Å². The van der Waals surface area contributed by atoms with Crippen LogP contribution in [0.3, 0.4) is 0 Å². The average Bonchev–Trinajstić information content (AvgIpc) is 1.78. The van der Waals surface area contributed by atoms with Crippen LogP contribution in [0.1, 0.15) is 19.3 Å². The fourth-order valence-corrected chi connectivity index (χ4v) is 0.700. The predicted octanol–water partition coefficient (Wildman–Crippen LogP) is 2.64. The van der Waals surface area contributed by atoms with E-state index in [2.05, 4.69) is 0 Å². The van der Waals surface area contributed by atoms with Gasteiger partial charge in [-0.3, -0.25) is 0 Å². The van der Waals surface area contributed by atoms with Crippen LogP contribution < -0.4 is 0 Å². The average molecular weight is 210 g/mol. The molecule has 13 heavy (non-hydrogen) atoms. The van der Waals surface area contributed by atoms with Gasteiger partial charge in [-0.15, -0.1) is 0 Å². The van der Waals surface area contributed by atoms with E-state index in [0.29, 0.717) is 0 Å². The standard InChI is InChI=1S/C6H8F6O/c7-5(8,9)2-1-4(13)3-6(10,11)12/h4,13H,1-3H2. The molecule has 0 spiro atoms. The van der Waals surface area contributed by atoms with Crippen LogP contribution in [0.15, 0.2) is 0 Å². The van der Waals surface area contributed by atoms with Gasteiger partial charge >= 0.3 is 12.4 Å². The maximum atomic E-state index is 11.5. The minimum absolute atomic E-state index is 0.914. The van der Waals surface area contributed by atoms with Crippen molar-refractivity contribution in [1.82, 2.24) is 0 Å². The van der Waals surface area contributed by atoms with Crippen LogP contribution in [0.5, 0.6) is 0 Å². The van der Waals surface area contributed by atoms with Gasteiger partial charge in [0.25, 0.3) is 0 Å². The molecule has 0 aromatic rings. The molecule has 1 unspecified atom stereocenters. The van der Waals surface area contributed by atoms with E-state index in [1.807, 2.05) is 0 Å². The van der Waals surface area contributed by atoms with Gasteiger partial charge in [0, 0.05) is 6.42 Å². The first-order valence-corrected chi connectivity index (χ1v) is 3.42. The number of rotatable bonds is 3. The number of aliphatic hydroxyl groups excluding tert-OH is 1. The molecule has 0 radical (unpaired) electrons. The lowest BCUT2D eigenvalue weighted by molar-refractivity contribution is -0.165. The number of aliphatic hydroxyl groups is 1. The third-order valence-electron chi connectivity index (χ3n) is 1.23. The van der Waals surface area contributed by atoms with E-state index in [9.17, 15) is 26.3 Å². The van der Waals surface area contributed by atoms with Crippen LogP contribution >= 0.6 is 0 Å². The maximum absolute atomic E-state index is 11.5. The highest BCUT2D eigenvalue weighted by atomic mass is 19.4. The molecular formula is C6H8F6O. The monoisotopic (exact) mass is 210 g/mol. The molecule has 0 aromatic carbocycles. The van der Waals surface area contributed by atoms with Crippen molar-refractivity contribution in [3.8, 4) is 0 Å². The van der Waals surface area contributed by atoms with Crippen molar-refractivity contribution in [1.29, 1.82) is 0 Å². The van der Waals surface area contributed by atoms with E-state index in [-0.39, 0.29) is 0 Å². The summed E-state index contributed by atoms with van der Waals surface area (Å²) in [4.78, 5) is 0. The van der Waals surface area contributed by atoms with Crippen LogP contribution in [0.4, 0.5) is 26.3 Å². The van der Waals surface area contributed by atoms with Crippen molar-refractivity contribution < 1.29 is 31.4 Å². The van der Waals surface area contributed by atoms with Crippen LogP contribution in [-0.2, 0) is 0 Å². The van der Waals surface area contributed by atoms with Crippen molar-refractivity contribution in [3.63, 3.8) is 0 Å². The third-order valence-corrected chi connectivity index (χ3v) is 1.23. The minimum Gasteiger partial charge on any atom is -0.393 e. The SMILES string of the molecule is OC(CCC(F)(F)F)CC(F)(F)F. The molecule has 0 heterocycles. The van der Waals surface area contributed by atoms with Crippen LogP contribution in [0.2, 0.25) is 0 Å². The van der Waals surface area contributed by atoms with Crippen LogP contribution in [0.25, 0.3) is 0 Å². The second kappa shape index (κ2) is 4.17. The molecular weight excluding hydrogens is 202 g/mol. The fraction of sp³-hybridized carbons (Fsp3) is 1.00. The number of hydrogen-bond donors (Lipinski definition) is 1. The Bertz CT molecular complexity index is 148. The van der Waals surface area contributed by atoms with Gasteiger partial charge in [-0.2, -0.15) is 26.3 Å². The molecule has 0 rings (SSSR count). The Morgan fingerprint density at radius 3 is 1.69 bits per heavy atom. The molecule has 0 aromatic heterocycles. The fourth-order valence-electron chi connectivity index (χ4n) is 0.700. The molecule has 80 valence electrons. The molecule has 0 saturated heterocycles. The van der Waals surface area contributed by atoms with Gasteiger partial charge in [0.2, 0.25) is 0 Å². The lowest BCUT2D eigenvalue weighted by atomic mass is 10.1. The highest BCUT2D eigenvalue weighted by molar-refractivity contribution is 4.64. The Balaban J connectivity index is 3.70. The summed E-state index contributed by atoms with van der Waals surface area (Å²) in [5.41, 5.74) is 0. The smallest absolute Gasteiger partial charge is 0.391 e. The Kier molecular flexibility index (Phi) is 4.02. The first-order valence-electron chi connectivity index (χ1n) is 3.42. The van der Waals surface area contributed by atoms with Crippen molar-refractivity contribution >= 4 is 0 Å². The largest absolute Gasteiger partial charge is 0.393 e. The molecule has 1 atom stereocenters. The van der Waals surface area contributed by atoms with Crippen molar-refractivity contribution in [3.05, 3.63) is 0 Å². The van der Waals surface area contributed by atoms with E-state index in [1.165, 1.54) is 0 Å². The van der Waals surface area contributed by atoms with Gasteiger partial charge in [-0.05, 0) is 6.42 Å². The molecule has 0 amide bonds. The van der Waals surface area contributed by atoms with Gasteiger partial charge in [-0.25, -0.2) is 0 Å². The van der Waals surface area contributed by atoms with Crippen LogP contribution in [0, 0.1) is 0 Å². The zero-order chi connectivity index (χ0) is 10.7. The van der Waals surface area contributed by atoms with E-state index >= 15 is 0 Å². The summed E-state index contributed by atoms with van der Waals surface area (Å²) in [6.45, 7) is 0. The van der Waals surface area contributed by atoms with E-state index < -0.39 is 37.7 Å². The molecule has 1 nitrogen and oxygen atoms in total. The van der Waals surface area contributed by atoms with Gasteiger partial charge in [0.05, 0.1) is 12.5 Å². The van der Waals surface area contributed by atoms with Gasteiger partial charge in [0.1, 0.15) is 0 Å². The zero-order valence-electron chi connectivity index (χ0n) is 6.41. The minimum atomic E-state index is -4.62. The van der Waals surface area contributed by atoms with Crippen molar-refractivity contribution in [2.45, 2.75) is 37.7 Å². The first kappa shape index (κ1) is 12.5. The maximum Gasteiger partial charge on any atom is 0.391 e. The first-order chi connectivity index (χ1) is 5.60. The highest BCUT2D eigenvalue weighted by Crippen LogP contribution is 2.27. The summed E-state index contributed by atoms with van der Waals surface area (Å²) in [6.07, 6.45) is -15.0. The molecule has 0 aliphatic rings. The topological polar surface area (TPSA) is 20.2 Å². The second-order valence-corrected chi connectivity index (χ2v) is 2.63. The highest BCUT2D eigenvalue weighted by Gasteiger charge is 2.34. The summed E-state index contributed by atoms with van der Waals surface area (Å²) >= 11 is 0.